The number of amides is 1. The summed E-state index contributed by atoms with van der Waals surface area (Å²) >= 11 is 0. The molecule has 0 saturated carbocycles. The summed E-state index contributed by atoms with van der Waals surface area (Å²) in [4.78, 5) is 12.4. The molecule has 0 aliphatic carbocycles. The predicted molar refractivity (Wildman–Crippen MR) is 102 cm³/mol. The molecule has 26 heavy (non-hydrogen) atoms. The van der Waals surface area contributed by atoms with Crippen molar-refractivity contribution in [3.63, 3.8) is 0 Å². The molecule has 1 N–H and O–H groups in total. The molecule has 1 unspecified atom stereocenters. The van der Waals surface area contributed by atoms with Crippen molar-refractivity contribution in [1.82, 2.24) is 0 Å². The summed E-state index contributed by atoms with van der Waals surface area (Å²) in [5.74, 6) is 0.0295. The molecule has 3 aromatic carbocycles. The lowest BCUT2D eigenvalue weighted by molar-refractivity contribution is -0.122. The molecule has 3 nitrogen and oxygen atoms in total. The van der Waals surface area contributed by atoms with Crippen molar-refractivity contribution in [2.75, 3.05) is 5.32 Å². The Morgan fingerprint density at radius 3 is 2.15 bits per heavy atom. The van der Waals surface area contributed by atoms with E-state index in [1.54, 1.807) is 0 Å². The third-order valence-electron chi connectivity index (χ3n) is 4.01. The average Bonchev–Trinajstić information content (AvgIpc) is 2.69. The molecule has 3 rings (SSSR count). The van der Waals surface area contributed by atoms with E-state index in [0.717, 1.165) is 11.1 Å². The summed E-state index contributed by atoms with van der Waals surface area (Å²) in [5, 5.41) is 2.75. The van der Waals surface area contributed by atoms with Crippen LogP contribution in [0.15, 0.2) is 78.9 Å². The topological polar surface area (TPSA) is 38.3 Å². The first-order valence-corrected chi connectivity index (χ1v) is 8.54. The number of halogens is 1. The van der Waals surface area contributed by atoms with Crippen molar-refractivity contribution in [3.8, 4) is 16.9 Å². The van der Waals surface area contributed by atoms with Gasteiger partial charge in [-0.15, -0.1) is 0 Å². The second-order valence-electron chi connectivity index (χ2n) is 5.90. The maximum atomic E-state index is 13.0. The van der Waals surface area contributed by atoms with Crippen molar-refractivity contribution < 1.29 is 13.9 Å². The molecule has 0 heterocycles. The fourth-order valence-corrected chi connectivity index (χ4v) is 2.60. The van der Waals surface area contributed by atoms with Crippen LogP contribution in [0.25, 0.3) is 11.1 Å². The normalized spacial score (nSPS) is 11.6. The van der Waals surface area contributed by atoms with E-state index in [2.05, 4.69) is 5.32 Å². The molecule has 3 aromatic rings. The summed E-state index contributed by atoms with van der Waals surface area (Å²) in [6, 6.07) is 23.4. The fraction of sp³-hybridized carbons (Fsp3) is 0.136. The van der Waals surface area contributed by atoms with E-state index in [9.17, 15) is 9.18 Å². The van der Waals surface area contributed by atoms with Gasteiger partial charge in [-0.1, -0.05) is 49.4 Å². The molecule has 1 amide bonds. The maximum absolute atomic E-state index is 13.0. The van der Waals surface area contributed by atoms with E-state index >= 15 is 0 Å². The number of rotatable bonds is 6. The molecule has 0 aromatic heterocycles. The Labute approximate surface area is 152 Å². The fourth-order valence-electron chi connectivity index (χ4n) is 2.60. The number of benzene rings is 3. The number of anilines is 1. The van der Waals surface area contributed by atoms with E-state index in [1.807, 2.05) is 61.5 Å². The van der Waals surface area contributed by atoms with Crippen LogP contribution >= 0.6 is 0 Å². The van der Waals surface area contributed by atoms with Gasteiger partial charge in [-0.3, -0.25) is 4.79 Å². The maximum Gasteiger partial charge on any atom is 0.265 e. The molecule has 0 aliphatic heterocycles. The van der Waals surface area contributed by atoms with Crippen molar-refractivity contribution >= 4 is 11.6 Å². The van der Waals surface area contributed by atoms with Gasteiger partial charge in [0.05, 0.1) is 0 Å². The van der Waals surface area contributed by atoms with Gasteiger partial charge in [0.15, 0.2) is 6.10 Å². The number of nitrogens with one attached hydrogen (secondary N) is 1. The van der Waals surface area contributed by atoms with Gasteiger partial charge in [-0.05, 0) is 53.9 Å². The van der Waals surface area contributed by atoms with E-state index < -0.39 is 6.10 Å². The lowest BCUT2D eigenvalue weighted by Gasteiger charge is -2.17. The van der Waals surface area contributed by atoms with Crippen molar-refractivity contribution in [3.05, 3.63) is 84.7 Å². The molecule has 0 aliphatic rings. The minimum absolute atomic E-state index is 0.258. The first-order valence-electron chi connectivity index (χ1n) is 8.54. The largest absolute Gasteiger partial charge is 0.481 e. The summed E-state index contributed by atoms with van der Waals surface area (Å²) in [6.07, 6.45) is -0.101. The van der Waals surface area contributed by atoms with Crippen LogP contribution in [-0.2, 0) is 4.79 Å². The van der Waals surface area contributed by atoms with Crippen LogP contribution in [-0.4, -0.2) is 12.0 Å². The lowest BCUT2D eigenvalue weighted by Crippen LogP contribution is -2.32. The van der Waals surface area contributed by atoms with E-state index in [4.69, 9.17) is 4.74 Å². The molecular weight excluding hydrogens is 329 g/mol. The van der Waals surface area contributed by atoms with Crippen molar-refractivity contribution in [2.45, 2.75) is 19.4 Å². The molecule has 132 valence electrons. The second kappa shape index (κ2) is 8.30. The zero-order valence-electron chi connectivity index (χ0n) is 14.5. The van der Waals surface area contributed by atoms with E-state index in [-0.39, 0.29) is 11.7 Å². The van der Waals surface area contributed by atoms with Gasteiger partial charge in [0.25, 0.3) is 5.91 Å². The van der Waals surface area contributed by atoms with Gasteiger partial charge in [-0.25, -0.2) is 4.39 Å². The summed E-state index contributed by atoms with van der Waals surface area (Å²) < 4.78 is 18.8. The molecule has 4 heteroatoms. The molecule has 0 radical (unpaired) electrons. The third kappa shape index (κ3) is 4.48. The standard InChI is InChI=1S/C22H20FNO2/c1-2-21(22(25)24-19-12-10-18(23)11-13-19)26-20-14-8-17(9-15-20)16-6-4-3-5-7-16/h3-15,21H,2H2,1H3,(H,24,25). The first-order chi connectivity index (χ1) is 12.7. The van der Waals surface area contributed by atoms with Crippen LogP contribution in [0.5, 0.6) is 5.75 Å². The van der Waals surface area contributed by atoms with Crippen LogP contribution in [0.2, 0.25) is 0 Å². The van der Waals surface area contributed by atoms with Crippen molar-refractivity contribution in [1.29, 1.82) is 0 Å². The van der Waals surface area contributed by atoms with Crippen molar-refractivity contribution in [2.24, 2.45) is 0 Å². The van der Waals surface area contributed by atoms with Crippen LogP contribution in [0.1, 0.15) is 13.3 Å². The van der Waals surface area contributed by atoms with Crippen LogP contribution < -0.4 is 10.1 Å². The molecule has 0 saturated heterocycles. The number of hydrogen-bond acceptors (Lipinski definition) is 2. The van der Waals surface area contributed by atoms with Gasteiger partial charge < -0.3 is 10.1 Å². The highest BCUT2D eigenvalue weighted by Crippen LogP contribution is 2.23. The van der Waals surface area contributed by atoms with Gasteiger partial charge in [0.1, 0.15) is 11.6 Å². The van der Waals surface area contributed by atoms with Crippen LogP contribution in [0.4, 0.5) is 10.1 Å². The highest BCUT2D eigenvalue weighted by atomic mass is 19.1. The molecule has 1 atom stereocenters. The summed E-state index contributed by atoms with van der Waals surface area (Å²) in [7, 11) is 0. The first kappa shape index (κ1) is 17.7. The monoisotopic (exact) mass is 349 g/mol. The molecule has 0 bridgehead atoms. The minimum atomic E-state index is -0.623. The Bertz CT molecular complexity index is 846. The SMILES string of the molecule is CCC(Oc1ccc(-c2ccccc2)cc1)C(=O)Nc1ccc(F)cc1. The van der Waals surface area contributed by atoms with E-state index in [0.29, 0.717) is 17.9 Å². The number of ether oxygens (including phenoxy) is 1. The Balaban J connectivity index is 1.65. The zero-order valence-corrected chi connectivity index (χ0v) is 14.5. The highest BCUT2D eigenvalue weighted by Gasteiger charge is 2.18. The van der Waals surface area contributed by atoms with E-state index in [1.165, 1.54) is 24.3 Å². The Kier molecular flexibility index (Phi) is 5.64. The quantitative estimate of drug-likeness (QED) is 0.657. The number of hydrogen-bond donors (Lipinski definition) is 1. The second-order valence-corrected chi connectivity index (χ2v) is 5.90. The summed E-state index contributed by atoms with van der Waals surface area (Å²) in [6.45, 7) is 1.88. The van der Waals surface area contributed by atoms with Gasteiger partial charge in [0, 0.05) is 5.69 Å². The summed E-state index contributed by atoms with van der Waals surface area (Å²) in [5.41, 5.74) is 2.75. The zero-order chi connectivity index (χ0) is 18.4. The van der Waals surface area contributed by atoms with Gasteiger partial charge >= 0.3 is 0 Å². The number of carbonyl (C=O) groups excluding carboxylic acids is 1. The Morgan fingerprint density at radius 2 is 1.54 bits per heavy atom. The van der Waals surface area contributed by atoms with Crippen LogP contribution in [0.3, 0.4) is 0 Å². The third-order valence-corrected chi connectivity index (χ3v) is 4.01. The average molecular weight is 349 g/mol. The minimum Gasteiger partial charge on any atom is -0.481 e. The van der Waals surface area contributed by atoms with Gasteiger partial charge in [0.2, 0.25) is 0 Å². The molecule has 0 spiro atoms. The lowest BCUT2D eigenvalue weighted by atomic mass is 10.1. The molecular formula is C22H20FNO2. The smallest absolute Gasteiger partial charge is 0.265 e. The highest BCUT2D eigenvalue weighted by molar-refractivity contribution is 5.94. The van der Waals surface area contributed by atoms with Gasteiger partial charge in [-0.2, -0.15) is 0 Å². The Hall–Kier alpha value is -3.14. The molecule has 0 fully saturated rings. The predicted octanol–water partition coefficient (Wildman–Crippen LogP) is 5.29. The number of carbonyl (C=O) groups is 1. The van der Waals surface area contributed by atoms with Crippen LogP contribution in [0, 0.1) is 5.82 Å². The Morgan fingerprint density at radius 1 is 0.923 bits per heavy atom.